The molecule has 2 aliphatic carbocycles. The third-order valence-corrected chi connectivity index (χ3v) is 39.1. The molecule has 6 aromatic rings. The second-order valence-electron chi connectivity index (χ2n) is 16.6. The van der Waals surface area contributed by atoms with E-state index in [1.807, 2.05) is 0 Å². The Bertz CT molecular complexity index is 2240. The van der Waals surface area contributed by atoms with E-state index in [4.69, 9.17) is 0 Å². The standard InChI is InChI=1S/2C17H15.C15H14.2CH3.Hf/c2*1-12-9-13(2)11-15(10-12)17-8-4-6-14-5-3-7-16(14)17;1-3-8-14(9-4-1)12-7-13-15-10-5-2-6-11-15;;;/h2*3-11H,1-2H3;1-6,8-11H,12-13H2;2*1H3;. The van der Waals surface area contributed by atoms with Crippen LogP contribution in [0.3, 0.4) is 0 Å². The summed E-state index contributed by atoms with van der Waals surface area (Å²) in [5, 5.41) is 0. The van der Waals surface area contributed by atoms with E-state index < -0.39 is 18.0 Å². The minimum atomic E-state index is -4.47. The van der Waals surface area contributed by atoms with E-state index in [0.29, 0.717) is 7.35 Å². The van der Waals surface area contributed by atoms with Gasteiger partial charge in [0.2, 0.25) is 0 Å². The van der Waals surface area contributed by atoms with Crippen LogP contribution in [-0.4, -0.2) is 3.26 Å². The van der Waals surface area contributed by atoms with E-state index in [1.54, 1.807) is 3.26 Å². The van der Waals surface area contributed by atoms with E-state index in [1.165, 1.54) is 77.9 Å². The molecule has 0 amide bonds. The van der Waals surface area contributed by atoms with Crippen LogP contribution >= 0.6 is 0 Å². The Kier molecular flexibility index (Phi) is 8.99. The van der Waals surface area contributed by atoms with Crippen molar-refractivity contribution in [2.75, 3.05) is 0 Å². The monoisotopic (exact) mass is 842 g/mol. The minimum absolute atomic E-state index is 0.366. The molecule has 6 aromatic carbocycles. The summed E-state index contributed by atoms with van der Waals surface area (Å²) in [6.45, 7) is 8.88. The topological polar surface area (TPSA) is 0 Å². The Morgan fingerprint density at radius 3 is 1.23 bits per heavy atom. The Morgan fingerprint density at radius 1 is 0.462 bits per heavy atom. The van der Waals surface area contributed by atoms with E-state index >= 15 is 0 Å². The normalized spacial score (nSPS) is 16.2. The van der Waals surface area contributed by atoms with Gasteiger partial charge in [0, 0.05) is 0 Å². The molecule has 0 radical (unpaired) electrons. The van der Waals surface area contributed by atoms with Crippen molar-refractivity contribution in [3.8, 4) is 22.3 Å². The van der Waals surface area contributed by atoms with Crippen molar-refractivity contribution in [2.24, 2.45) is 0 Å². The third kappa shape index (κ3) is 6.12. The summed E-state index contributed by atoms with van der Waals surface area (Å²) < 4.78 is 8.14. The molecule has 258 valence electrons. The average molecular weight is 841 g/mol. The first-order valence-corrected chi connectivity index (χ1v) is 32.1. The Labute approximate surface area is 312 Å². The van der Waals surface area contributed by atoms with E-state index in [9.17, 15) is 0 Å². The van der Waals surface area contributed by atoms with Crippen LogP contribution in [0.5, 0.6) is 0 Å². The van der Waals surface area contributed by atoms with Gasteiger partial charge < -0.3 is 0 Å². The first-order valence-electron chi connectivity index (χ1n) is 19.0. The van der Waals surface area contributed by atoms with E-state index in [-0.39, 0.29) is 0 Å². The second-order valence-corrected chi connectivity index (χ2v) is 42.3. The van der Waals surface area contributed by atoms with Crippen molar-refractivity contribution in [2.45, 2.75) is 57.2 Å². The van der Waals surface area contributed by atoms with Gasteiger partial charge in [0.25, 0.3) is 0 Å². The molecule has 0 N–H and O–H groups in total. The molecule has 52 heavy (non-hydrogen) atoms. The SMILES string of the molecule is Cc1cc(C)cc(-c2cccc3c2C=C[CH]3[Hf]([CH3])([CH3])(=[C](Cc2ccccc2)Cc2ccccc2)[CH]2C=Cc3c(-c4cc(C)cc(C)c4)cccc32)c1. The molecule has 0 saturated carbocycles. The number of aryl methyl sites for hydroxylation is 4. The van der Waals surface area contributed by atoms with Crippen molar-refractivity contribution in [3.63, 3.8) is 0 Å². The molecule has 2 aliphatic rings. The molecule has 0 saturated heterocycles. The molecule has 2 unspecified atom stereocenters. The molecule has 8 rings (SSSR count). The van der Waals surface area contributed by atoms with E-state index in [0.717, 1.165) is 12.8 Å². The van der Waals surface area contributed by atoms with Crippen molar-refractivity contribution < 1.29 is 18.0 Å². The molecule has 0 bridgehead atoms. The van der Waals surface area contributed by atoms with Gasteiger partial charge in [0.1, 0.15) is 0 Å². The van der Waals surface area contributed by atoms with Crippen molar-refractivity contribution in [1.82, 2.24) is 0 Å². The quantitative estimate of drug-likeness (QED) is 0.134. The van der Waals surface area contributed by atoms with Gasteiger partial charge in [0.15, 0.2) is 0 Å². The Morgan fingerprint density at radius 2 is 0.846 bits per heavy atom. The number of benzene rings is 6. The molecule has 0 nitrogen and oxygen atoms in total. The molecule has 0 aliphatic heterocycles. The maximum absolute atomic E-state index is 4.47. The van der Waals surface area contributed by atoms with Gasteiger partial charge in [-0.2, -0.15) is 0 Å². The number of rotatable bonds is 8. The van der Waals surface area contributed by atoms with Gasteiger partial charge >= 0.3 is 314 Å². The van der Waals surface area contributed by atoms with Crippen molar-refractivity contribution >= 4 is 15.4 Å². The van der Waals surface area contributed by atoms with Crippen LogP contribution in [0.1, 0.15) is 63.0 Å². The first-order chi connectivity index (χ1) is 25.1. The summed E-state index contributed by atoms with van der Waals surface area (Å²) in [6, 6.07) is 50.8. The van der Waals surface area contributed by atoms with Gasteiger partial charge in [-0.1, -0.05) is 0 Å². The van der Waals surface area contributed by atoms with Gasteiger partial charge in [0.05, 0.1) is 0 Å². The fourth-order valence-corrected chi connectivity index (χ4v) is 33.6. The zero-order valence-corrected chi connectivity index (χ0v) is 35.2. The zero-order valence-electron chi connectivity index (χ0n) is 31.6. The van der Waals surface area contributed by atoms with Gasteiger partial charge in [-0.25, -0.2) is 0 Å². The van der Waals surface area contributed by atoms with Gasteiger partial charge in [-0.05, 0) is 0 Å². The molecule has 1 heteroatoms. The average Bonchev–Trinajstić information content (AvgIpc) is 3.78. The summed E-state index contributed by atoms with van der Waals surface area (Å²) in [7, 11) is 0. The summed E-state index contributed by atoms with van der Waals surface area (Å²) >= 11 is -4.47. The molecular weight excluding hydrogens is 791 g/mol. The van der Waals surface area contributed by atoms with Crippen LogP contribution in [0.2, 0.25) is 9.36 Å². The van der Waals surface area contributed by atoms with Crippen LogP contribution in [-0.2, 0) is 30.9 Å². The number of allylic oxidation sites excluding steroid dienone is 2. The summed E-state index contributed by atoms with van der Waals surface area (Å²) in [5.41, 5.74) is 19.3. The van der Waals surface area contributed by atoms with Crippen LogP contribution in [0.4, 0.5) is 0 Å². The van der Waals surface area contributed by atoms with Crippen molar-refractivity contribution in [1.29, 1.82) is 0 Å². The van der Waals surface area contributed by atoms with Crippen LogP contribution in [0, 0.1) is 27.7 Å². The Balaban J connectivity index is 1.40. The first kappa shape index (κ1) is 34.6. The third-order valence-electron chi connectivity index (χ3n) is 12.5. The number of hydrogen-bond acceptors (Lipinski definition) is 0. The molecule has 0 aromatic heterocycles. The zero-order chi connectivity index (χ0) is 36.1. The van der Waals surface area contributed by atoms with Crippen LogP contribution < -0.4 is 0 Å². The van der Waals surface area contributed by atoms with Gasteiger partial charge in [-0.3, -0.25) is 0 Å². The molecule has 0 heterocycles. The maximum atomic E-state index is 2.82. The Hall–Kier alpha value is -4.46. The number of hydrogen-bond donors (Lipinski definition) is 0. The van der Waals surface area contributed by atoms with Crippen LogP contribution in [0.15, 0.2) is 146 Å². The summed E-state index contributed by atoms with van der Waals surface area (Å²) in [5.74, 6) is 0. The summed E-state index contributed by atoms with van der Waals surface area (Å²) in [6.07, 6.45) is 12.3. The fraction of sp³-hybridized carbons (Fsp3) is 0.196. The predicted octanol–water partition coefficient (Wildman–Crippen LogP) is 13.5. The van der Waals surface area contributed by atoms with Gasteiger partial charge in [-0.15, -0.1) is 0 Å². The second kappa shape index (κ2) is 13.5. The van der Waals surface area contributed by atoms with Crippen LogP contribution in [0.25, 0.3) is 34.4 Å². The molecular formula is C51H50Hf. The molecule has 2 atom stereocenters. The molecule has 0 spiro atoms. The van der Waals surface area contributed by atoms with E-state index in [2.05, 4.69) is 195 Å². The fourth-order valence-electron chi connectivity index (χ4n) is 9.92. The van der Waals surface area contributed by atoms with Crippen molar-refractivity contribution in [3.05, 3.63) is 201 Å². The number of fused-ring (bicyclic) bond motifs is 2. The predicted molar refractivity (Wildman–Crippen MR) is 223 cm³/mol. The molecule has 0 fully saturated rings. The summed E-state index contributed by atoms with van der Waals surface area (Å²) in [4.78, 5) is 0.